The van der Waals surface area contributed by atoms with E-state index in [0.29, 0.717) is 12.0 Å². The van der Waals surface area contributed by atoms with E-state index in [0.717, 1.165) is 43.3 Å². The van der Waals surface area contributed by atoms with Gasteiger partial charge in [-0.05, 0) is 48.9 Å². The van der Waals surface area contributed by atoms with Crippen LogP contribution in [0.15, 0.2) is 42.5 Å². The molecule has 4 rings (SSSR count). The van der Waals surface area contributed by atoms with E-state index < -0.39 is 11.6 Å². The number of halogens is 2. The van der Waals surface area contributed by atoms with Crippen molar-refractivity contribution in [3.63, 3.8) is 0 Å². The summed E-state index contributed by atoms with van der Waals surface area (Å²) < 4.78 is 28.2. The smallest absolute Gasteiger partial charge is 0.129 e. The molecule has 1 saturated heterocycles. The van der Waals surface area contributed by atoms with Gasteiger partial charge in [0, 0.05) is 12.5 Å². The number of likely N-dealkylation sites (tertiary alicyclic amines) is 1. The molecule has 0 spiro atoms. The fourth-order valence-electron chi connectivity index (χ4n) is 4.50. The summed E-state index contributed by atoms with van der Waals surface area (Å²) in [5.74, 6) is -0.923. The Hall–Kier alpha value is -1.94. The van der Waals surface area contributed by atoms with E-state index in [9.17, 15) is 8.78 Å². The lowest BCUT2D eigenvalue weighted by Gasteiger charge is -2.47. The molecule has 0 N–H and O–H groups in total. The Morgan fingerprint density at radius 3 is 2.56 bits per heavy atom. The van der Waals surface area contributed by atoms with Gasteiger partial charge in [-0.2, -0.15) is 0 Å². The van der Waals surface area contributed by atoms with Crippen LogP contribution in [0.25, 0.3) is 0 Å². The van der Waals surface area contributed by atoms with Crippen LogP contribution in [0.3, 0.4) is 0 Å². The molecule has 0 saturated carbocycles. The van der Waals surface area contributed by atoms with Crippen molar-refractivity contribution in [1.29, 1.82) is 0 Å². The van der Waals surface area contributed by atoms with Crippen LogP contribution in [0.1, 0.15) is 30.4 Å². The maximum absolute atomic E-state index is 14.1. The Bertz CT molecular complexity index is 753. The summed E-state index contributed by atoms with van der Waals surface area (Å²) in [4.78, 5) is 0. The molecule has 1 fully saturated rings. The molecule has 2 nitrogen and oxygen atoms in total. The Balaban J connectivity index is 1.60. The predicted octanol–water partition coefficient (Wildman–Crippen LogP) is 4.49. The van der Waals surface area contributed by atoms with E-state index in [2.05, 4.69) is 29.3 Å². The van der Waals surface area contributed by atoms with Crippen molar-refractivity contribution in [2.45, 2.75) is 32.1 Å². The molecule has 2 aromatic rings. The first-order chi connectivity index (χ1) is 12.2. The number of hydrogen-bond donors (Lipinski definition) is 0. The minimum Gasteiger partial charge on any atom is -0.224 e. The third-order valence-corrected chi connectivity index (χ3v) is 5.84. The van der Waals surface area contributed by atoms with Gasteiger partial charge in [-0.15, -0.1) is 0 Å². The molecule has 2 aromatic carbocycles. The van der Waals surface area contributed by atoms with Gasteiger partial charge >= 0.3 is 0 Å². The van der Waals surface area contributed by atoms with Crippen molar-refractivity contribution in [2.75, 3.05) is 31.2 Å². The average molecular weight is 343 g/mol. The standard InChI is InChI=1S/C21H25F2N2/c22-19-9-8-17(20(23)16-19)11-15-25(13-4-1-5-14-25)24-12-10-18-6-2-3-7-21(18)24/h2-3,6-9,16H,1,4-5,10-15H2/q+1. The average Bonchev–Trinajstić information content (AvgIpc) is 3.06. The second-order valence-electron chi connectivity index (χ2n) is 7.31. The van der Waals surface area contributed by atoms with E-state index in [-0.39, 0.29) is 0 Å². The number of nitrogens with zero attached hydrogens (tertiary/aromatic N) is 2. The normalized spacial score (nSPS) is 19.0. The molecule has 2 heterocycles. The summed E-state index contributed by atoms with van der Waals surface area (Å²) in [7, 11) is 0. The molecule has 2 aliphatic rings. The molecule has 0 aromatic heterocycles. The van der Waals surface area contributed by atoms with Gasteiger partial charge < -0.3 is 0 Å². The van der Waals surface area contributed by atoms with Crippen molar-refractivity contribution < 1.29 is 13.4 Å². The monoisotopic (exact) mass is 343 g/mol. The number of para-hydroxylation sites is 1. The highest BCUT2D eigenvalue weighted by atomic mass is 19.1. The molecular weight excluding hydrogens is 318 g/mol. The summed E-state index contributed by atoms with van der Waals surface area (Å²) in [5, 5.41) is 2.54. The zero-order valence-electron chi connectivity index (χ0n) is 14.6. The van der Waals surface area contributed by atoms with Crippen LogP contribution in [-0.4, -0.2) is 30.8 Å². The van der Waals surface area contributed by atoms with Crippen molar-refractivity contribution >= 4 is 5.69 Å². The van der Waals surface area contributed by atoms with Gasteiger partial charge in [0.25, 0.3) is 0 Å². The van der Waals surface area contributed by atoms with Crippen molar-refractivity contribution in [3.05, 3.63) is 65.2 Å². The zero-order valence-corrected chi connectivity index (χ0v) is 14.6. The van der Waals surface area contributed by atoms with Gasteiger partial charge in [0.1, 0.15) is 31.3 Å². The van der Waals surface area contributed by atoms with Crippen LogP contribution in [0, 0.1) is 11.6 Å². The lowest BCUT2D eigenvalue weighted by atomic mass is 10.1. The SMILES string of the molecule is Fc1ccc(CC[N+]2(N3CCc4ccccc43)CCCCC2)c(F)c1. The fourth-order valence-corrected chi connectivity index (χ4v) is 4.50. The second kappa shape index (κ2) is 6.75. The van der Waals surface area contributed by atoms with Gasteiger partial charge in [0.2, 0.25) is 0 Å². The molecular formula is C21H25F2N2+. The first-order valence-corrected chi connectivity index (χ1v) is 9.34. The predicted molar refractivity (Wildman–Crippen MR) is 96.3 cm³/mol. The molecule has 0 aliphatic carbocycles. The van der Waals surface area contributed by atoms with E-state index in [1.54, 1.807) is 6.07 Å². The van der Waals surface area contributed by atoms with Gasteiger partial charge in [-0.25, -0.2) is 18.4 Å². The van der Waals surface area contributed by atoms with Gasteiger partial charge in [-0.1, -0.05) is 24.3 Å². The van der Waals surface area contributed by atoms with Crippen LogP contribution in [0.4, 0.5) is 14.5 Å². The number of anilines is 1. The van der Waals surface area contributed by atoms with E-state index >= 15 is 0 Å². The lowest BCUT2D eigenvalue weighted by Crippen LogP contribution is -2.63. The maximum atomic E-state index is 14.1. The van der Waals surface area contributed by atoms with E-state index in [1.807, 2.05) is 0 Å². The molecule has 4 heteroatoms. The molecule has 132 valence electrons. The summed E-state index contributed by atoms with van der Waals surface area (Å²) in [6.45, 7) is 4.12. The quantitative estimate of drug-likeness (QED) is 0.740. The van der Waals surface area contributed by atoms with Crippen LogP contribution >= 0.6 is 0 Å². The minimum atomic E-state index is -0.503. The summed E-state index contributed by atoms with van der Waals surface area (Å²) >= 11 is 0. The molecule has 0 unspecified atom stereocenters. The summed E-state index contributed by atoms with van der Waals surface area (Å²) in [6.07, 6.45) is 5.43. The molecule has 0 atom stereocenters. The van der Waals surface area contributed by atoms with Gasteiger partial charge in [0.15, 0.2) is 0 Å². The Morgan fingerprint density at radius 1 is 0.960 bits per heavy atom. The zero-order chi connectivity index (χ0) is 17.3. The number of benzene rings is 2. The number of rotatable bonds is 4. The molecule has 2 aliphatic heterocycles. The Morgan fingerprint density at radius 2 is 1.76 bits per heavy atom. The molecule has 0 radical (unpaired) electrons. The largest absolute Gasteiger partial charge is 0.224 e. The first kappa shape index (κ1) is 16.5. The highest BCUT2D eigenvalue weighted by Gasteiger charge is 2.40. The van der Waals surface area contributed by atoms with Crippen molar-refractivity contribution in [3.8, 4) is 0 Å². The Kier molecular flexibility index (Phi) is 4.46. The van der Waals surface area contributed by atoms with Crippen molar-refractivity contribution in [2.24, 2.45) is 0 Å². The van der Waals surface area contributed by atoms with Crippen LogP contribution in [-0.2, 0) is 12.8 Å². The number of hydrogen-bond acceptors (Lipinski definition) is 1. The number of piperidine rings is 1. The van der Waals surface area contributed by atoms with Crippen LogP contribution in [0.5, 0.6) is 0 Å². The fraction of sp³-hybridized carbons (Fsp3) is 0.429. The first-order valence-electron chi connectivity index (χ1n) is 9.34. The third-order valence-electron chi connectivity index (χ3n) is 5.84. The topological polar surface area (TPSA) is 3.24 Å². The highest BCUT2D eigenvalue weighted by Crippen LogP contribution is 2.35. The van der Waals surface area contributed by atoms with Crippen LogP contribution in [0.2, 0.25) is 0 Å². The number of fused-ring (bicyclic) bond motifs is 1. The highest BCUT2D eigenvalue weighted by molar-refractivity contribution is 5.55. The number of quaternary nitrogens is 1. The Labute approximate surface area is 148 Å². The molecule has 0 bridgehead atoms. The minimum absolute atomic E-state index is 0.419. The summed E-state index contributed by atoms with van der Waals surface area (Å²) in [5.41, 5.74) is 3.37. The van der Waals surface area contributed by atoms with Crippen LogP contribution < -0.4 is 5.01 Å². The lowest BCUT2D eigenvalue weighted by molar-refractivity contribution is -0.940. The third kappa shape index (κ3) is 3.15. The van der Waals surface area contributed by atoms with Crippen molar-refractivity contribution in [1.82, 2.24) is 0 Å². The second-order valence-corrected chi connectivity index (χ2v) is 7.31. The maximum Gasteiger partial charge on any atom is 0.129 e. The van der Waals surface area contributed by atoms with Gasteiger partial charge in [-0.3, -0.25) is 0 Å². The molecule has 0 amide bonds. The van der Waals surface area contributed by atoms with E-state index in [1.165, 1.54) is 36.6 Å². The summed E-state index contributed by atoms with van der Waals surface area (Å²) in [6, 6.07) is 12.6. The van der Waals surface area contributed by atoms with Gasteiger partial charge in [0.05, 0.1) is 12.2 Å². The molecule has 25 heavy (non-hydrogen) atoms. The van der Waals surface area contributed by atoms with E-state index in [4.69, 9.17) is 0 Å².